The number of rotatable bonds is 5. The van der Waals surface area contributed by atoms with Gasteiger partial charge >= 0.3 is 5.97 Å². The largest absolute Gasteiger partial charge is 0.480 e. The second kappa shape index (κ2) is 4.44. The van der Waals surface area contributed by atoms with Crippen molar-refractivity contribution in [3.63, 3.8) is 0 Å². The average Bonchev–Trinajstić information content (AvgIpc) is 2.61. The van der Waals surface area contributed by atoms with Gasteiger partial charge in [0.25, 0.3) is 0 Å². The molecule has 2 N–H and O–H groups in total. The Kier molecular flexibility index (Phi) is 3.47. The summed E-state index contributed by atoms with van der Waals surface area (Å²) < 4.78 is 1.98. The summed E-state index contributed by atoms with van der Waals surface area (Å²) in [4.78, 5) is 14.9. The first-order valence-electron chi connectivity index (χ1n) is 4.95. The maximum Gasteiger partial charge on any atom is 0.323 e. The number of hydrogen-bond acceptors (Lipinski definition) is 3. The second-order valence-corrected chi connectivity index (χ2v) is 3.95. The molecule has 1 aromatic heterocycles. The van der Waals surface area contributed by atoms with E-state index >= 15 is 0 Å². The quantitative estimate of drug-likeness (QED) is 0.758. The van der Waals surface area contributed by atoms with Crippen LogP contribution in [0.3, 0.4) is 0 Å². The Labute approximate surface area is 89.1 Å². The Morgan fingerprint density at radius 3 is 2.87 bits per heavy atom. The fourth-order valence-corrected chi connectivity index (χ4v) is 1.17. The van der Waals surface area contributed by atoms with E-state index < -0.39 is 11.5 Å². The van der Waals surface area contributed by atoms with E-state index in [2.05, 4.69) is 10.3 Å². The monoisotopic (exact) mass is 211 g/mol. The lowest BCUT2D eigenvalue weighted by Gasteiger charge is -2.21. The highest BCUT2D eigenvalue weighted by atomic mass is 16.4. The minimum absolute atomic E-state index is 0.507. The molecule has 0 aromatic carbocycles. The number of hydrogen-bond donors (Lipinski definition) is 2. The molecule has 0 radical (unpaired) electrons. The average molecular weight is 211 g/mol. The van der Waals surface area contributed by atoms with E-state index in [1.165, 1.54) is 0 Å². The smallest absolute Gasteiger partial charge is 0.323 e. The lowest BCUT2D eigenvalue weighted by Crippen LogP contribution is -2.46. The van der Waals surface area contributed by atoms with Gasteiger partial charge in [-0.25, -0.2) is 4.98 Å². The molecule has 15 heavy (non-hydrogen) atoms. The van der Waals surface area contributed by atoms with Gasteiger partial charge in [-0.3, -0.25) is 10.1 Å². The standard InChI is InChI=1S/C10H17N3O2/c1-4-13-7-11-5-8(13)6-12-10(2,3)9(14)15/h5,7,12H,4,6H2,1-3H3,(H,14,15). The third kappa shape index (κ3) is 2.79. The van der Waals surface area contributed by atoms with E-state index in [9.17, 15) is 4.79 Å². The van der Waals surface area contributed by atoms with Gasteiger partial charge in [0.05, 0.1) is 12.0 Å². The molecule has 84 valence electrons. The number of aliphatic carboxylic acids is 1. The molecular formula is C10H17N3O2. The third-order valence-corrected chi connectivity index (χ3v) is 2.39. The van der Waals surface area contributed by atoms with Gasteiger partial charge < -0.3 is 9.67 Å². The third-order valence-electron chi connectivity index (χ3n) is 2.39. The van der Waals surface area contributed by atoms with Gasteiger partial charge in [-0.1, -0.05) is 0 Å². The number of nitrogens with one attached hydrogen (secondary N) is 1. The molecule has 0 bridgehead atoms. The number of aryl methyl sites for hydroxylation is 1. The normalized spacial score (nSPS) is 11.7. The van der Waals surface area contributed by atoms with Crippen LogP contribution >= 0.6 is 0 Å². The predicted octanol–water partition coefficient (Wildman–Crippen LogP) is 0.856. The van der Waals surface area contributed by atoms with E-state index in [0.29, 0.717) is 6.54 Å². The van der Waals surface area contributed by atoms with Crippen LogP contribution in [0.1, 0.15) is 26.5 Å². The van der Waals surface area contributed by atoms with Gasteiger partial charge in [-0.2, -0.15) is 0 Å². The summed E-state index contributed by atoms with van der Waals surface area (Å²) in [6.45, 7) is 6.65. The molecule has 5 heteroatoms. The molecule has 1 aromatic rings. The topological polar surface area (TPSA) is 67.2 Å². The summed E-state index contributed by atoms with van der Waals surface area (Å²) in [7, 11) is 0. The molecule has 0 fully saturated rings. The summed E-state index contributed by atoms with van der Waals surface area (Å²) >= 11 is 0. The highest BCUT2D eigenvalue weighted by molar-refractivity contribution is 5.77. The zero-order chi connectivity index (χ0) is 11.5. The lowest BCUT2D eigenvalue weighted by atomic mass is 10.1. The lowest BCUT2D eigenvalue weighted by molar-refractivity contribution is -0.143. The minimum atomic E-state index is -0.914. The number of nitrogens with zero attached hydrogens (tertiary/aromatic N) is 2. The molecule has 0 aliphatic heterocycles. The minimum Gasteiger partial charge on any atom is -0.480 e. The summed E-state index contributed by atoms with van der Waals surface area (Å²) in [5, 5.41) is 11.9. The van der Waals surface area contributed by atoms with E-state index in [0.717, 1.165) is 12.2 Å². The van der Waals surface area contributed by atoms with E-state index in [4.69, 9.17) is 5.11 Å². The van der Waals surface area contributed by atoms with Crippen LogP contribution in [0.4, 0.5) is 0 Å². The number of carboxylic acids is 1. The maximum atomic E-state index is 10.9. The number of carboxylic acid groups (broad SMARTS) is 1. The molecule has 0 amide bonds. The predicted molar refractivity (Wildman–Crippen MR) is 56.5 cm³/mol. The van der Waals surface area contributed by atoms with Gasteiger partial charge in [-0.15, -0.1) is 0 Å². The molecule has 0 aliphatic carbocycles. The summed E-state index contributed by atoms with van der Waals surface area (Å²) in [5.41, 5.74) is 0.0786. The van der Waals surface area contributed by atoms with Crippen LogP contribution in [-0.2, 0) is 17.9 Å². The molecule has 0 aliphatic rings. The van der Waals surface area contributed by atoms with E-state index in [1.54, 1.807) is 26.4 Å². The fourth-order valence-electron chi connectivity index (χ4n) is 1.17. The fraction of sp³-hybridized carbons (Fsp3) is 0.600. The Morgan fingerprint density at radius 1 is 1.67 bits per heavy atom. The van der Waals surface area contributed by atoms with Crippen LogP contribution in [0.25, 0.3) is 0 Å². The van der Waals surface area contributed by atoms with Crippen molar-refractivity contribution >= 4 is 5.97 Å². The number of aromatic nitrogens is 2. The summed E-state index contributed by atoms with van der Waals surface area (Å²) in [6, 6.07) is 0. The van der Waals surface area contributed by atoms with Gasteiger partial charge in [0.15, 0.2) is 0 Å². The molecule has 0 saturated heterocycles. The van der Waals surface area contributed by atoms with Crippen LogP contribution < -0.4 is 5.32 Å². The van der Waals surface area contributed by atoms with E-state index in [1.807, 2.05) is 11.5 Å². The van der Waals surface area contributed by atoms with Crippen LogP contribution in [-0.4, -0.2) is 26.2 Å². The summed E-state index contributed by atoms with van der Waals surface area (Å²) in [5.74, 6) is -0.856. The zero-order valence-corrected chi connectivity index (χ0v) is 9.32. The Bertz CT molecular complexity index is 344. The van der Waals surface area contributed by atoms with Gasteiger partial charge in [0, 0.05) is 19.3 Å². The Balaban J connectivity index is 2.61. The highest BCUT2D eigenvalue weighted by Gasteiger charge is 2.26. The van der Waals surface area contributed by atoms with Gasteiger partial charge in [0.1, 0.15) is 5.54 Å². The molecule has 0 saturated carbocycles. The molecular weight excluding hydrogens is 194 g/mol. The van der Waals surface area contributed by atoms with Crippen molar-refractivity contribution in [3.8, 4) is 0 Å². The number of imidazole rings is 1. The molecule has 1 heterocycles. The van der Waals surface area contributed by atoms with Gasteiger partial charge in [0.2, 0.25) is 0 Å². The second-order valence-electron chi connectivity index (χ2n) is 3.95. The molecule has 1 rings (SSSR count). The zero-order valence-electron chi connectivity index (χ0n) is 9.32. The first kappa shape index (κ1) is 11.7. The highest BCUT2D eigenvalue weighted by Crippen LogP contribution is 2.05. The van der Waals surface area contributed by atoms with Crippen LogP contribution in [0, 0.1) is 0 Å². The van der Waals surface area contributed by atoms with Crippen molar-refractivity contribution in [1.82, 2.24) is 14.9 Å². The Morgan fingerprint density at radius 2 is 2.33 bits per heavy atom. The van der Waals surface area contributed by atoms with E-state index in [-0.39, 0.29) is 0 Å². The van der Waals surface area contributed by atoms with Crippen molar-refractivity contribution in [1.29, 1.82) is 0 Å². The molecule has 5 nitrogen and oxygen atoms in total. The Hall–Kier alpha value is -1.36. The number of carbonyl (C=O) groups is 1. The first-order chi connectivity index (χ1) is 6.97. The van der Waals surface area contributed by atoms with Crippen molar-refractivity contribution in [3.05, 3.63) is 18.2 Å². The summed E-state index contributed by atoms with van der Waals surface area (Å²) in [6.07, 6.45) is 3.49. The van der Waals surface area contributed by atoms with Crippen LogP contribution in [0.5, 0.6) is 0 Å². The van der Waals surface area contributed by atoms with Crippen molar-refractivity contribution < 1.29 is 9.90 Å². The molecule has 0 unspecified atom stereocenters. The molecule has 0 atom stereocenters. The first-order valence-corrected chi connectivity index (χ1v) is 4.95. The van der Waals surface area contributed by atoms with Crippen LogP contribution in [0.15, 0.2) is 12.5 Å². The van der Waals surface area contributed by atoms with Crippen LogP contribution in [0.2, 0.25) is 0 Å². The molecule has 0 spiro atoms. The van der Waals surface area contributed by atoms with Crippen molar-refractivity contribution in [2.45, 2.75) is 39.4 Å². The SMILES string of the molecule is CCn1cncc1CNC(C)(C)C(=O)O. The van der Waals surface area contributed by atoms with Crippen molar-refractivity contribution in [2.24, 2.45) is 0 Å². The van der Waals surface area contributed by atoms with Gasteiger partial charge in [-0.05, 0) is 20.8 Å². The maximum absolute atomic E-state index is 10.9. The van der Waals surface area contributed by atoms with Crippen molar-refractivity contribution in [2.75, 3.05) is 0 Å².